The zero-order chi connectivity index (χ0) is 16.0. The van der Waals surface area contributed by atoms with Gasteiger partial charge in [-0.15, -0.1) is 0 Å². The summed E-state index contributed by atoms with van der Waals surface area (Å²) in [5, 5.41) is 8.57. The molecule has 0 saturated heterocycles. The average molecular weight is 303 g/mol. The van der Waals surface area contributed by atoms with E-state index in [0.717, 1.165) is 11.0 Å². The Morgan fingerprint density at radius 1 is 1.43 bits per heavy atom. The molecule has 0 bridgehead atoms. The third kappa shape index (κ3) is 6.31. The van der Waals surface area contributed by atoms with Crippen LogP contribution in [0.3, 0.4) is 0 Å². The number of hydrogen-bond donors (Lipinski definition) is 1. The molecule has 0 radical (unpaired) electrons. The zero-order valence-corrected chi connectivity index (χ0v) is 11.6. The van der Waals surface area contributed by atoms with Gasteiger partial charge in [0.05, 0.1) is 13.7 Å². The standard InChI is InChI=1S/C14H16F3NO3/c1-18(9-14(15,16)17)8-11-7-10(4-6-13(19)20)3-5-12(11)21-2/h3-7H,8-9H2,1-2H3,(H,19,20). The maximum Gasteiger partial charge on any atom is 0.401 e. The van der Waals surface area contributed by atoms with E-state index in [0.29, 0.717) is 16.9 Å². The highest BCUT2D eigenvalue weighted by molar-refractivity contribution is 5.85. The molecule has 0 unspecified atom stereocenters. The predicted octanol–water partition coefficient (Wildman–Crippen LogP) is 2.79. The second-order valence-electron chi connectivity index (χ2n) is 4.53. The molecule has 21 heavy (non-hydrogen) atoms. The summed E-state index contributed by atoms with van der Waals surface area (Å²) in [4.78, 5) is 11.6. The van der Waals surface area contributed by atoms with Crippen molar-refractivity contribution in [3.05, 3.63) is 35.4 Å². The van der Waals surface area contributed by atoms with Crippen molar-refractivity contribution in [2.24, 2.45) is 0 Å². The number of carboxylic acids is 1. The van der Waals surface area contributed by atoms with E-state index in [2.05, 4.69) is 0 Å². The fraction of sp³-hybridized carbons (Fsp3) is 0.357. The summed E-state index contributed by atoms with van der Waals surface area (Å²) in [5.41, 5.74) is 1.13. The van der Waals surface area contributed by atoms with Gasteiger partial charge in [0.15, 0.2) is 0 Å². The molecule has 116 valence electrons. The smallest absolute Gasteiger partial charge is 0.401 e. The highest BCUT2D eigenvalue weighted by Crippen LogP contribution is 2.24. The van der Waals surface area contributed by atoms with Gasteiger partial charge in [0, 0.05) is 18.2 Å². The predicted molar refractivity (Wildman–Crippen MR) is 72.1 cm³/mol. The molecule has 0 fully saturated rings. The Morgan fingerprint density at radius 2 is 2.10 bits per heavy atom. The van der Waals surface area contributed by atoms with Crippen LogP contribution in [0.4, 0.5) is 13.2 Å². The van der Waals surface area contributed by atoms with Crippen molar-refractivity contribution in [1.82, 2.24) is 4.90 Å². The van der Waals surface area contributed by atoms with Gasteiger partial charge in [-0.1, -0.05) is 6.07 Å². The quantitative estimate of drug-likeness (QED) is 0.821. The van der Waals surface area contributed by atoms with Crippen LogP contribution in [-0.4, -0.2) is 42.9 Å². The number of ether oxygens (including phenoxy) is 1. The summed E-state index contributed by atoms with van der Waals surface area (Å²) in [6, 6.07) is 4.83. The number of alkyl halides is 3. The second kappa shape index (κ2) is 7.12. The minimum atomic E-state index is -4.27. The molecule has 0 aliphatic heterocycles. The summed E-state index contributed by atoms with van der Waals surface area (Å²) in [6.07, 6.45) is -1.94. The lowest BCUT2D eigenvalue weighted by molar-refractivity contribution is -0.144. The summed E-state index contributed by atoms with van der Waals surface area (Å²) in [6.45, 7) is -0.997. The van der Waals surface area contributed by atoms with E-state index in [1.54, 1.807) is 18.2 Å². The Kier molecular flexibility index (Phi) is 5.78. The van der Waals surface area contributed by atoms with Gasteiger partial charge in [0.25, 0.3) is 0 Å². The molecule has 0 atom stereocenters. The maximum absolute atomic E-state index is 12.3. The van der Waals surface area contributed by atoms with Crippen molar-refractivity contribution in [2.45, 2.75) is 12.7 Å². The first-order valence-electron chi connectivity index (χ1n) is 6.04. The normalized spacial score (nSPS) is 12.1. The molecule has 0 amide bonds. The minimum Gasteiger partial charge on any atom is -0.496 e. The molecule has 1 aromatic carbocycles. The van der Waals surface area contributed by atoms with Gasteiger partial charge in [0.2, 0.25) is 0 Å². The Bertz CT molecular complexity index is 527. The molecular weight excluding hydrogens is 287 g/mol. The first-order valence-corrected chi connectivity index (χ1v) is 6.04. The number of nitrogens with zero attached hydrogens (tertiary/aromatic N) is 1. The molecule has 0 aliphatic rings. The first-order chi connectivity index (χ1) is 9.71. The fourth-order valence-corrected chi connectivity index (χ4v) is 1.85. The lowest BCUT2D eigenvalue weighted by Crippen LogP contribution is -2.30. The lowest BCUT2D eigenvalue weighted by Gasteiger charge is -2.20. The number of carbonyl (C=O) groups is 1. The van der Waals surface area contributed by atoms with Gasteiger partial charge in [-0.05, 0) is 30.8 Å². The molecule has 1 N–H and O–H groups in total. The summed E-state index contributed by atoms with van der Waals surface area (Å²) in [7, 11) is 2.78. The number of rotatable bonds is 6. The van der Waals surface area contributed by atoms with Crippen molar-refractivity contribution in [2.75, 3.05) is 20.7 Å². The highest BCUT2D eigenvalue weighted by Gasteiger charge is 2.29. The van der Waals surface area contributed by atoms with Crippen molar-refractivity contribution in [3.8, 4) is 5.75 Å². The molecule has 0 aromatic heterocycles. The van der Waals surface area contributed by atoms with Gasteiger partial charge in [0.1, 0.15) is 5.75 Å². The molecule has 0 spiro atoms. The molecule has 1 aromatic rings. The topological polar surface area (TPSA) is 49.8 Å². The monoisotopic (exact) mass is 303 g/mol. The van der Waals surface area contributed by atoms with E-state index in [-0.39, 0.29) is 6.54 Å². The number of halogens is 3. The summed E-state index contributed by atoms with van der Waals surface area (Å²) in [5.74, 6) is -0.641. The third-order valence-corrected chi connectivity index (χ3v) is 2.61. The van der Waals surface area contributed by atoms with Crippen LogP contribution in [0, 0.1) is 0 Å². The number of methoxy groups -OCH3 is 1. The third-order valence-electron chi connectivity index (χ3n) is 2.61. The molecule has 0 saturated carbocycles. The Balaban J connectivity index is 2.92. The van der Waals surface area contributed by atoms with Gasteiger partial charge < -0.3 is 9.84 Å². The van der Waals surface area contributed by atoms with Gasteiger partial charge in [-0.25, -0.2) is 4.79 Å². The van der Waals surface area contributed by atoms with Gasteiger partial charge in [-0.3, -0.25) is 4.90 Å². The zero-order valence-electron chi connectivity index (χ0n) is 11.6. The summed E-state index contributed by atoms with van der Waals surface area (Å²) < 4.78 is 42.1. The van der Waals surface area contributed by atoms with Crippen LogP contribution in [0.5, 0.6) is 5.75 Å². The Morgan fingerprint density at radius 3 is 2.62 bits per heavy atom. The molecule has 0 heterocycles. The second-order valence-corrected chi connectivity index (χ2v) is 4.53. The minimum absolute atomic E-state index is 0.0391. The van der Waals surface area contributed by atoms with Crippen LogP contribution >= 0.6 is 0 Å². The number of benzene rings is 1. The average Bonchev–Trinajstić information content (AvgIpc) is 2.34. The largest absolute Gasteiger partial charge is 0.496 e. The van der Waals surface area contributed by atoms with Crippen molar-refractivity contribution >= 4 is 12.0 Å². The fourth-order valence-electron chi connectivity index (χ4n) is 1.85. The summed E-state index contributed by atoms with van der Waals surface area (Å²) >= 11 is 0. The van der Waals surface area contributed by atoms with Crippen LogP contribution in [0.15, 0.2) is 24.3 Å². The number of aliphatic carboxylic acids is 1. The van der Waals surface area contributed by atoms with E-state index in [1.807, 2.05) is 0 Å². The van der Waals surface area contributed by atoms with Gasteiger partial charge in [-0.2, -0.15) is 13.2 Å². The first kappa shape index (κ1) is 17.0. The highest BCUT2D eigenvalue weighted by atomic mass is 19.4. The Hall–Kier alpha value is -2.02. The van der Waals surface area contributed by atoms with Crippen LogP contribution in [0.25, 0.3) is 6.08 Å². The van der Waals surface area contributed by atoms with E-state index < -0.39 is 18.7 Å². The van der Waals surface area contributed by atoms with Crippen molar-refractivity contribution < 1.29 is 27.8 Å². The molecular formula is C14H16F3NO3. The van der Waals surface area contributed by atoms with Crippen LogP contribution < -0.4 is 4.74 Å². The van der Waals surface area contributed by atoms with Crippen LogP contribution in [0.2, 0.25) is 0 Å². The van der Waals surface area contributed by atoms with E-state index >= 15 is 0 Å². The number of hydrogen-bond acceptors (Lipinski definition) is 3. The van der Waals surface area contributed by atoms with Gasteiger partial charge >= 0.3 is 12.1 Å². The lowest BCUT2D eigenvalue weighted by atomic mass is 10.1. The molecule has 7 heteroatoms. The SMILES string of the molecule is COc1ccc(C=CC(=O)O)cc1CN(C)CC(F)(F)F. The van der Waals surface area contributed by atoms with E-state index in [1.165, 1.54) is 20.2 Å². The molecule has 1 rings (SSSR count). The van der Waals surface area contributed by atoms with E-state index in [9.17, 15) is 18.0 Å². The van der Waals surface area contributed by atoms with E-state index in [4.69, 9.17) is 9.84 Å². The number of carboxylic acid groups (broad SMARTS) is 1. The van der Waals surface area contributed by atoms with Crippen molar-refractivity contribution in [1.29, 1.82) is 0 Å². The van der Waals surface area contributed by atoms with Crippen molar-refractivity contribution in [3.63, 3.8) is 0 Å². The molecule has 4 nitrogen and oxygen atoms in total. The Labute approximate surface area is 120 Å². The van der Waals surface area contributed by atoms with Crippen LogP contribution in [0.1, 0.15) is 11.1 Å². The maximum atomic E-state index is 12.3. The van der Waals surface area contributed by atoms with Crippen LogP contribution in [-0.2, 0) is 11.3 Å². The molecule has 0 aliphatic carbocycles.